The number of anilines is 1. The number of carbonyl (C=O) groups excluding carboxylic acids is 1. The molecule has 1 aliphatic rings. The van der Waals surface area contributed by atoms with Crippen LogP contribution in [0.2, 0.25) is 0 Å². The maximum absolute atomic E-state index is 13.0. The molecule has 0 N–H and O–H groups in total. The molecule has 5 rings (SSSR count). The molecule has 5 heteroatoms. The van der Waals surface area contributed by atoms with Crippen LogP contribution in [0.4, 0.5) is 5.69 Å². The number of benzene rings is 3. The first kappa shape index (κ1) is 23.2. The number of rotatable bonds is 7. The highest BCUT2D eigenvalue weighted by molar-refractivity contribution is 5.96. The van der Waals surface area contributed by atoms with Crippen molar-refractivity contribution in [3.05, 3.63) is 89.2 Å². The SMILES string of the molecule is Cc1ccc(N2CC(c3nc4ccccc4n3CCOc3cc(C)ccc3C(C)C)CC2=O)cc1. The second-order valence-electron chi connectivity index (χ2n) is 9.90. The van der Waals surface area contributed by atoms with Gasteiger partial charge in [0.05, 0.1) is 17.6 Å². The fourth-order valence-electron chi connectivity index (χ4n) is 4.99. The zero-order valence-corrected chi connectivity index (χ0v) is 21.0. The Morgan fingerprint density at radius 2 is 1.74 bits per heavy atom. The predicted octanol–water partition coefficient (Wildman–Crippen LogP) is 6.38. The molecule has 0 spiro atoms. The molecule has 1 unspecified atom stereocenters. The maximum atomic E-state index is 13.0. The van der Waals surface area contributed by atoms with Crippen LogP contribution in [0.3, 0.4) is 0 Å². The molecule has 1 amide bonds. The third-order valence-corrected chi connectivity index (χ3v) is 6.88. The van der Waals surface area contributed by atoms with Crippen LogP contribution in [0.15, 0.2) is 66.7 Å². The maximum Gasteiger partial charge on any atom is 0.227 e. The average Bonchev–Trinajstić information content (AvgIpc) is 3.40. The molecule has 1 saturated heterocycles. The van der Waals surface area contributed by atoms with Crippen LogP contribution < -0.4 is 9.64 Å². The summed E-state index contributed by atoms with van der Waals surface area (Å²) in [6.45, 7) is 10.4. The Bertz CT molecular complexity index is 1350. The fraction of sp³-hybridized carbons (Fsp3) is 0.333. The van der Waals surface area contributed by atoms with Crippen molar-refractivity contribution in [1.82, 2.24) is 9.55 Å². The lowest BCUT2D eigenvalue weighted by Crippen LogP contribution is -2.24. The normalized spacial score (nSPS) is 16.0. The summed E-state index contributed by atoms with van der Waals surface area (Å²) in [6, 6.07) is 22.8. The molecular formula is C30H33N3O2. The Morgan fingerprint density at radius 3 is 2.51 bits per heavy atom. The van der Waals surface area contributed by atoms with E-state index in [2.05, 4.69) is 68.7 Å². The van der Waals surface area contributed by atoms with Crippen molar-refractivity contribution in [2.75, 3.05) is 18.1 Å². The van der Waals surface area contributed by atoms with E-state index < -0.39 is 0 Å². The molecule has 1 aliphatic heterocycles. The zero-order valence-electron chi connectivity index (χ0n) is 21.0. The highest BCUT2D eigenvalue weighted by Crippen LogP contribution is 2.33. The Labute approximate surface area is 207 Å². The second kappa shape index (κ2) is 9.57. The quantitative estimate of drug-likeness (QED) is 0.317. The predicted molar refractivity (Wildman–Crippen MR) is 141 cm³/mol. The van der Waals surface area contributed by atoms with Crippen LogP contribution in [-0.4, -0.2) is 28.6 Å². The average molecular weight is 468 g/mol. The van der Waals surface area contributed by atoms with Crippen molar-refractivity contribution in [2.45, 2.75) is 52.5 Å². The Balaban J connectivity index is 1.40. The molecule has 5 nitrogen and oxygen atoms in total. The number of imidazole rings is 1. The number of hydrogen-bond donors (Lipinski definition) is 0. The van der Waals surface area contributed by atoms with Crippen molar-refractivity contribution < 1.29 is 9.53 Å². The van der Waals surface area contributed by atoms with Gasteiger partial charge in [-0.15, -0.1) is 0 Å². The molecule has 0 saturated carbocycles. The van der Waals surface area contributed by atoms with Gasteiger partial charge in [-0.3, -0.25) is 4.79 Å². The molecule has 0 aliphatic carbocycles. The molecular weight excluding hydrogens is 434 g/mol. The van der Waals surface area contributed by atoms with Crippen LogP contribution in [0.5, 0.6) is 5.75 Å². The van der Waals surface area contributed by atoms with Crippen LogP contribution in [-0.2, 0) is 11.3 Å². The molecule has 0 bridgehead atoms. The van der Waals surface area contributed by atoms with E-state index in [-0.39, 0.29) is 11.8 Å². The summed E-state index contributed by atoms with van der Waals surface area (Å²) in [5.74, 6) is 2.50. The van der Waals surface area contributed by atoms with Gasteiger partial charge in [0.25, 0.3) is 0 Å². The van der Waals surface area contributed by atoms with E-state index >= 15 is 0 Å². The molecule has 4 aromatic rings. The largest absolute Gasteiger partial charge is 0.491 e. The van der Waals surface area contributed by atoms with Crippen molar-refractivity contribution in [2.24, 2.45) is 0 Å². The zero-order chi connectivity index (χ0) is 24.5. The van der Waals surface area contributed by atoms with Gasteiger partial charge in [-0.25, -0.2) is 4.98 Å². The van der Waals surface area contributed by atoms with Crippen LogP contribution in [0.25, 0.3) is 11.0 Å². The van der Waals surface area contributed by atoms with Gasteiger partial charge in [-0.1, -0.05) is 55.8 Å². The lowest BCUT2D eigenvalue weighted by molar-refractivity contribution is -0.117. The van der Waals surface area contributed by atoms with Crippen molar-refractivity contribution >= 4 is 22.6 Å². The number of nitrogens with zero attached hydrogens (tertiary/aromatic N) is 3. The third-order valence-electron chi connectivity index (χ3n) is 6.88. The van der Waals surface area contributed by atoms with E-state index in [0.717, 1.165) is 28.3 Å². The Morgan fingerprint density at radius 1 is 1.00 bits per heavy atom. The van der Waals surface area contributed by atoms with Gasteiger partial charge in [0, 0.05) is 24.6 Å². The van der Waals surface area contributed by atoms with Gasteiger partial charge >= 0.3 is 0 Å². The summed E-state index contributed by atoms with van der Waals surface area (Å²) in [5.41, 5.74) is 6.60. The number of aromatic nitrogens is 2. The van der Waals surface area contributed by atoms with E-state index in [9.17, 15) is 4.79 Å². The lowest BCUT2D eigenvalue weighted by Gasteiger charge is -2.18. The lowest BCUT2D eigenvalue weighted by atomic mass is 10.0. The molecule has 0 radical (unpaired) electrons. The molecule has 1 fully saturated rings. The molecule has 180 valence electrons. The summed E-state index contributed by atoms with van der Waals surface area (Å²) in [5, 5.41) is 0. The van der Waals surface area contributed by atoms with Gasteiger partial charge < -0.3 is 14.2 Å². The summed E-state index contributed by atoms with van der Waals surface area (Å²) in [6.07, 6.45) is 0.466. The first-order valence-electron chi connectivity index (χ1n) is 12.5. The van der Waals surface area contributed by atoms with E-state index in [4.69, 9.17) is 9.72 Å². The number of para-hydroxylation sites is 2. The monoisotopic (exact) mass is 467 g/mol. The fourth-order valence-corrected chi connectivity index (χ4v) is 4.99. The minimum atomic E-state index is 0.0430. The summed E-state index contributed by atoms with van der Waals surface area (Å²) in [7, 11) is 0. The van der Waals surface area contributed by atoms with Gasteiger partial charge in [0.15, 0.2) is 0 Å². The van der Waals surface area contributed by atoms with Gasteiger partial charge in [-0.05, 0) is 61.2 Å². The van der Waals surface area contributed by atoms with E-state index in [1.54, 1.807) is 0 Å². The third kappa shape index (κ3) is 4.68. The van der Waals surface area contributed by atoms with Crippen molar-refractivity contribution in [3.63, 3.8) is 0 Å². The highest BCUT2D eigenvalue weighted by Gasteiger charge is 2.34. The van der Waals surface area contributed by atoms with E-state index in [1.165, 1.54) is 16.7 Å². The van der Waals surface area contributed by atoms with Crippen LogP contribution in [0.1, 0.15) is 54.6 Å². The van der Waals surface area contributed by atoms with Crippen LogP contribution >= 0.6 is 0 Å². The van der Waals surface area contributed by atoms with Gasteiger partial charge in [-0.2, -0.15) is 0 Å². The van der Waals surface area contributed by atoms with E-state index in [1.807, 2.05) is 35.2 Å². The number of amides is 1. The topological polar surface area (TPSA) is 47.4 Å². The van der Waals surface area contributed by atoms with Gasteiger partial charge in [0.2, 0.25) is 5.91 Å². The number of carbonyl (C=O) groups is 1. The summed E-state index contributed by atoms with van der Waals surface area (Å²) in [4.78, 5) is 19.8. The number of fused-ring (bicyclic) bond motifs is 1. The molecule has 3 aromatic carbocycles. The molecule has 1 aromatic heterocycles. The van der Waals surface area contributed by atoms with Crippen LogP contribution in [0, 0.1) is 13.8 Å². The Hall–Kier alpha value is -3.60. The highest BCUT2D eigenvalue weighted by atomic mass is 16.5. The summed E-state index contributed by atoms with van der Waals surface area (Å²) < 4.78 is 8.56. The van der Waals surface area contributed by atoms with Crippen molar-refractivity contribution in [3.8, 4) is 5.75 Å². The first-order chi connectivity index (χ1) is 16.9. The first-order valence-corrected chi connectivity index (χ1v) is 12.5. The van der Waals surface area contributed by atoms with Gasteiger partial charge in [0.1, 0.15) is 18.2 Å². The number of ether oxygens (including phenoxy) is 1. The minimum Gasteiger partial charge on any atom is -0.491 e. The molecule has 35 heavy (non-hydrogen) atoms. The van der Waals surface area contributed by atoms with E-state index in [0.29, 0.717) is 32.0 Å². The number of hydrogen-bond acceptors (Lipinski definition) is 3. The summed E-state index contributed by atoms with van der Waals surface area (Å²) >= 11 is 0. The standard InChI is InChI=1S/C30H33N3O2/c1-20(2)25-14-11-22(4)17-28(25)35-16-15-32-27-8-6-5-7-26(27)31-30(32)23-18-29(34)33(19-23)24-12-9-21(3)10-13-24/h5-14,17,20,23H,15-16,18-19H2,1-4H3. The Kier molecular flexibility index (Phi) is 6.33. The van der Waals surface area contributed by atoms with Crippen molar-refractivity contribution in [1.29, 1.82) is 0 Å². The number of aryl methyl sites for hydroxylation is 2. The second-order valence-corrected chi connectivity index (χ2v) is 9.90. The molecule has 1 atom stereocenters. The minimum absolute atomic E-state index is 0.0430. The smallest absolute Gasteiger partial charge is 0.227 e. The molecule has 2 heterocycles.